The molecule has 4 fully saturated rings. The molecule has 0 saturated heterocycles. The van der Waals surface area contributed by atoms with Crippen LogP contribution in [0.2, 0.25) is 5.02 Å². The fourth-order valence-electron chi connectivity index (χ4n) is 5.42. The fourth-order valence-corrected chi connectivity index (χ4v) is 5.69. The number of amides is 1. The largest absolute Gasteiger partial charge is 0.452 e. The van der Waals surface area contributed by atoms with Gasteiger partial charge in [-0.25, -0.2) is 4.79 Å². The average Bonchev–Trinajstić information content (AvgIpc) is 2.62. The van der Waals surface area contributed by atoms with Crippen LogP contribution >= 0.6 is 11.6 Å². The van der Waals surface area contributed by atoms with E-state index in [9.17, 15) is 19.7 Å². The highest BCUT2D eigenvalue weighted by Gasteiger charge is 2.48. The molecule has 0 atom stereocenters. The Hall–Kier alpha value is -2.15. The third kappa shape index (κ3) is 3.52. The first-order chi connectivity index (χ1) is 12.9. The molecule has 1 aromatic carbocycles. The summed E-state index contributed by atoms with van der Waals surface area (Å²) in [6.07, 6.45) is 6.07. The van der Waals surface area contributed by atoms with E-state index in [4.69, 9.17) is 16.3 Å². The molecular formula is C19H21ClN2O5. The first-order valence-corrected chi connectivity index (χ1v) is 9.69. The molecule has 144 valence electrons. The number of esters is 1. The molecule has 0 spiro atoms. The number of nitro benzene ring substituents is 1. The molecule has 8 heteroatoms. The number of benzene rings is 1. The van der Waals surface area contributed by atoms with Gasteiger partial charge in [0.05, 0.1) is 10.5 Å². The van der Waals surface area contributed by atoms with E-state index in [1.54, 1.807) is 0 Å². The van der Waals surface area contributed by atoms with E-state index < -0.39 is 17.5 Å². The zero-order valence-electron chi connectivity index (χ0n) is 14.7. The quantitative estimate of drug-likeness (QED) is 0.470. The number of nitrogens with zero attached hydrogens (tertiary/aromatic N) is 1. The van der Waals surface area contributed by atoms with Gasteiger partial charge in [-0.05, 0) is 61.8 Å². The van der Waals surface area contributed by atoms with Crippen molar-refractivity contribution in [2.45, 2.75) is 38.1 Å². The highest BCUT2D eigenvalue weighted by Crippen LogP contribution is 2.53. The topological polar surface area (TPSA) is 98.5 Å². The van der Waals surface area contributed by atoms with Crippen LogP contribution in [-0.4, -0.2) is 29.4 Å². The van der Waals surface area contributed by atoms with E-state index in [0.29, 0.717) is 11.8 Å². The van der Waals surface area contributed by atoms with Gasteiger partial charge in [-0.15, -0.1) is 0 Å². The summed E-state index contributed by atoms with van der Waals surface area (Å²) in [5.74, 6) is 1.52. The first kappa shape index (κ1) is 18.2. The SMILES string of the molecule is O=C(COC(=O)c1cccc([N+](=O)[O-])c1Cl)NC1C2CC3CC(C2)CC1C3. The second-order valence-corrected chi connectivity index (χ2v) is 8.37. The van der Waals surface area contributed by atoms with Gasteiger partial charge in [-0.3, -0.25) is 14.9 Å². The van der Waals surface area contributed by atoms with Gasteiger partial charge in [0.15, 0.2) is 6.61 Å². The van der Waals surface area contributed by atoms with Crippen molar-refractivity contribution >= 4 is 29.2 Å². The van der Waals surface area contributed by atoms with Crippen molar-refractivity contribution in [2.24, 2.45) is 23.7 Å². The summed E-state index contributed by atoms with van der Waals surface area (Å²) in [6, 6.07) is 4.08. The first-order valence-electron chi connectivity index (χ1n) is 9.31. The Kier molecular flexibility index (Phi) is 4.80. The molecule has 4 bridgehead atoms. The predicted octanol–water partition coefficient (Wildman–Crippen LogP) is 3.35. The molecule has 7 nitrogen and oxygen atoms in total. The summed E-state index contributed by atoms with van der Waals surface area (Å²) in [4.78, 5) is 34.7. The minimum Gasteiger partial charge on any atom is -0.452 e. The molecule has 1 amide bonds. The lowest BCUT2D eigenvalue weighted by molar-refractivity contribution is -0.384. The number of hydrogen-bond donors (Lipinski definition) is 1. The van der Waals surface area contributed by atoms with Gasteiger partial charge in [0, 0.05) is 12.1 Å². The van der Waals surface area contributed by atoms with Gasteiger partial charge in [0.25, 0.3) is 11.6 Å². The van der Waals surface area contributed by atoms with Crippen LogP contribution < -0.4 is 5.32 Å². The molecule has 4 aliphatic carbocycles. The van der Waals surface area contributed by atoms with Crippen molar-refractivity contribution in [1.29, 1.82) is 0 Å². The molecule has 5 rings (SSSR count). The molecule has 4 saturated carbocycles. The van der Waals surface area contributed by atoms with E-state index in [2.05, 4.69) is 5.32 Å². The van der Waals surface area contributed by atoms with E-state index >= 15 is 0 Å². The Bertz CT molecular complexity index is 768. The molecular weight excluding hydrogens is 372 g/mol. The van der Waals surface area contributed by atoms with Crippen LogP contribution in [0.25, 0.3) is 0 Å². The Labute approximate surface area is 161 Å². The number of ether oxygens (including phenoxy) is 1. The Morgan fingerprint density at radius 2 is 1.78 bits per heavy atom. The number of nitro groups is 1. The summed E-state index contributed by atoms with van der Waals surface area (Å²) in [5, 5.41) is 13.7. The summed E-state index contributed by atoms with van der Waals surface area (Å²) in [7, 11) is 0. The molecule has 1 N–H and O–H groups in total. The summed E-state index contributed by atoms with van der Waals surface area (Å²) < 4.78 is 5.04. The van der Waals surface area contributed by atoms with E-state index in [-0.39, 0.29) is 28.2 Å². The van der Waals surface area contributed by atoms with Crippen LogP contribution in [0.1, 0.15) is 42.5 Å². The lowest BCUT2D eigenvalue weighted by atomic mass is 9.54. The van der Waals surface area contributed by atoms with Crippen molar-refractivity contribution < 1.29 is 19.2 Å². The number of rotatable bonds is 5. The van der Waals surface area contributed by atoms with Crippen molar-refractivity contribution in [3.05, 3.63) is 38.9 Å². The Balaban J connectivity index is 1.34. The van der Waals surface area contributed by atoms with Crippen molar-refractivity contribution in [1.82, 2.24) is 5.32 Å². The van der Waals surface area contributed by atoms with Gasteiger partial charge < -0.3 is 10.1 Å². The maximum absolute atomic E-state index is 12.3. The summed E-state index contributed by atoms with van der Waals surface area (Å²) in [6.45, 7) is -0.416. The highest BCUT2D eigenvalue weighted by molar-refractivity contribution is 6.35. The predicted molar refractivity (Wildman–Crippen MR) is 97.4 cm³/mol. The van der Waals surface area contributed by atoms with Gasteiger partial charge in [-0.2, -0.15) is 0 Å². The van der Waals surface area contributed by atoms with Gasteiger partial charge in [-0.1, -0.05) is 17.7 Å². The highest BCUT2D eigenvalue weighted by atomic mass is 35.5. The monoisotopic (exact) mass is 392 g/mol. The lowest BCUT2D eigenvalue weighted by Crippen LogP contribution is -2.56. The zero-order valence-corrected chi connectivity index (χ0v) is 15.5. The summed E-state index contributed by atoms with van der Waals surface area (Å²) >= 11 is 5.91. The zero-order chi connectivity index (χ0) is 19.1. The number of carbonyl (C=O) groups excluding carboxylic acids is 2. The molecule has 0 radical (unpaired) electrons. The third-order valence-corrected chi connectivity index (χ3v) is 6.68. The average molecular weight is 393 g/mol. The standard InChI is InChI=1S/C19H21ClN2O5/c20-17-14(2-1-3-15(17)22(25)26)19(24)27-9-16(23)21-18-12-5-10-4-11(7-12)8-13(18)6-10/h1-3,10-13,18H,4-9H2,(H,21,23). The molecule has 0 aromatic heterocycles. The molecule has 27 heavy (non-hydrogen) atoms. The van der Waals surface area contributed by atoms with E-state index in [1.807, 2.05) is 0 Å². The number of hydrogen-bond acceptors (Lipinski definition) is 5. The second-order valence-electron chi connectivity index (χ2n) is 8.00. The Morgan fingerprint density at radius 1 is 1.15 bits per heavy atom. The molecule has 1 aromatic rings. The minimum atomic E-state index is -0.844. The maximum atomic E-state index is 12.3. The Morgan fingerprint density at radius 3 is 2.37 bits per heavy atom. The second kappa shape index (κ2) is 7.11. The third-order valence-electron chi connectivity index (χ3n) is 6.28. The normalized spacial score (nSPS) is 30.8. The lowest BCUT2D eigenvalue weighted by Gasteiger charge is -2.54. The van der Waals surface area contributed by atoms with Crippen LogP contribution in [0.15, 0.2) is 18.2 Å². The van der Waals surface area contributed by atoms with Gasteiger partial charge in [0.2, 0.25) is 0 Å². The van der Waals surface area contributed by atoms with Crippen LogP contribution in [0.4, 0.5) is 5.69 Å². The molecule has 0 unspecified atom stereocenters. The van der Waals surface area contributed by atoms with Crippen molar-refractivity contribution in [3.63, 3.8) is 0 Å². The molecule has 0 aliphatic heterocycles. The van der Waals surface area contributed by atoms with E-state index in [1.165, 1.54) is 50.3 Å². The summed E-state index contributed by atoms with van der Waals surface area (Å²) in [5.41, 5.74) is -0.488. The fraction of sp³-hybridized carbons (Fsp3) is 0.579. The van der Waals surface area contributed by atoms with Crippen LogP contribution in [-0.2, 0) is 9.53 Å². The van der Waals surface area contributed by atoms with Crippen molar-refractivity contribution in [2.75, 3.05) is 6.61 Å². The molecule has 0 heterocycles. The van der Waals surface area contributed by atoms with Gasteiger partial charge in [0.1, 0.15) is 5.02 Å². The van der Waals surface area contributed by atoms with Crippen LogP contribution in [0, 0.1) is 33.8 Å². The number of halogens is 1. The maximum Gasteiger partial charge on any atom is 0.340 e. The van der Waals surface area contributed by atoms with Gasteiger partial charge >= 0.3 is 5.97 Å². The number of nitrogens with one attached hydrogen (secondary N) is 1. The minimum absolute atomic E-state index is 0.117. The van der Waals surface area contributed by atoms with Crippen molar-refractivity contribution in [3.8, 4) is 0 Å². The smallest absolute Gasteiger partial charge is 0.340 e. The molecule has 4 aliphatic rings. The van der Waals surface area contributed by atoms with Crippen LogP contribution in [0.3, 0.4) is 0 Å². The van der Waals surface area contributed by atoms with Crippen LogP contribution in [0.5, 0.6) is 0 Å². The van der Waals surface area contributed by atoms with E-state index in [0.717, 1.165) is 11.8 Å². The number of carbonyl (C=O) groups is 2.